The van der Waals surface area contributed by atoms with E-state index in [9.17, 15) is 9.90 Å². The van der Waals surface area contributed by atoms with Crippen LogP contribution in [0.3, 0.4) is 0 Å². The number of carbonyl (C=O) groups excluding carboxylic acids is 1. The second-order valence-corrected chi connectivity index (χ2v) is 8.97. The van der Waals surface area contributed by atoms with Crippen molar-refractivity contribution in [1.29, 1.82) is 0 Å². The number of hydrogen-bond donors (Lipinski definition) is 1. The number of benzene rings is 2. The minimum atomic E-state index is 0.0294. The Morgan fingerprint density at radius 1 is 1.10 bits per heavy atom. The molecule has 2 aromatic rings. The highest BCUT2D eigenvalue weighted by Gasteiger charge is 2.53. The fourth-order valence-corrected chi connectivity index (χ4v) is 5.50. The largest absolute Gasteiger partial charge is 0.395 e. The average Bonchev–Trinajstić information content (AvgIpc) is 2.79. The Bertz CT molecular complexity index is 913. The van der Waals surface area contributed by atoms with Gasteiger partial charge in [-0.05, 0) is 42.2 Å². The summed E-state index contributed by atoms with van der Waals surface area (Å²) < 4.78 is 5.46. The number of anilines is 1. The van der Waals surface area contributed by atoms with Crippen molar-refractivity contribution in [2.45, 2.75) is 37.4 Å². The number of aliphatic hydroxyl groups excluding tert-OH is 1. The highest BCUT2D eigenvalue weighted by molar-refractivity contribution is 6.30. The van der Waals surface area contributed by atoms with Gasteiger partial charge < -0.3 is 14.7 Å². The minimum absolute atomic E-state index is 0.0294. The van der Waals surface area contributed by atoms with E-state index in [0.29, 0.717) is 19.8 Å². The molecule has 30 heavy (non-hydrogen) atoms. The average molecular weight is 427 g/mol. The summed E-state index contributed by atoms with van der Waals surface area (Å²) in [4.78, 5) is 17.8. The monoisotopic (exact) mass is 426 g/mol. The number of carbonyl (C=O) groups is 1. The minimum Gasteiger partial charge on any atom is -0.395 e. The molecule has 1 amide bonds. The van der Waals surface area contributed by atoms with Crippen LogP contribution >= 0.6 is 11.6 Å². The molecule has 0 aliphatic carbocycles. The maximum atomic E-state index is 13.4. The SMILES string of the molecule is O=C(C1CCOCC1)N1C[C@H]2[C@H](c3ccccc31)[C@H](CO)N2Cc1ccc(Cl)cc1. The summed E-state index contributed by atoms with van der Waals surface area (Å²) in [6.45, 7) is 2.84. The van der Waals surface area contributed by atoms with Crippen LogP contribution in [-0.4, -0.2) is 54.4 Å². The number of ether oxygens (including phenoxy) is 1. The highest BCUT2D eigenvalue weighted by Crippen LogP contribution is 2.49. The molecule has 6 heteroatoms. The number of para-hydroxylation sites is 1. The van der Waals surface area contributed by atoms with Gasteiger partial charge in [0.1, 0.15) is 0 Å². The van der Waals surface area contributed by atoms with Crippen LogP contribution in [0.5, 0.6) is 0 Å². The smallest absolute Gasteiger partial charge is 0.230 e. The summed E-state index contributed by atoms with van der Waals surface area (Å²) in [5.41, 5.74) is 3.36. The Kier molecular flexibility index (Phi) is 5.54. The summed E-state index contributed by atoms with van der Waals surface area (Å²) in [6, 6.07) is 16.4. The molecule has 0 unspecified atom stereocenters. The van der Waals surface area contributed by atoms with Gasteiger partial charge in [-0.2, -0.15) is 0 Å². The quantitative estimate of drug-likeness (QED) is 0.813. The molecule has 5 rings (SSSR count). The maximum absolute atomic E-state index is 13.4. The summed E-state index contributed by atoms with van der Waals surface area (Å²) >= 11 is 6.04. The first kappa shape index (κ1) is 20.0. The Hall–Kier alpha value is -1.92. The van der Waals surface area contributed by atoms with Crippen LogP contribution in [0.4, 0.5) is 5.69 Å². The molecule has 158 valence electrons. The summed E-state index contributed by atoms with van der Waals surface area (Å²) in [5, 5.41) is 10.9. The molecule has 3 atom stereocenters. The number of hydrogen-bond acceptors (Lipinski definition) is 4. The number of fused-ring (bicyclic) bond motifs is 3. The van der Waals surface area contributed by atoms with Crippen LogP contribution in [0, 0.1) is 5.92 Å². The van der Waals surface area contributed by atoms with Gasteiger partial charge in [-0.1, -0.05) is 41.9 Å². The number of amides is 1. The second-order valence-electron chi connectivity index (χ2n) is 8.54. The third-order valence-electron chi connectivity index (χ3n) is 6.94. The molecular formula is C24H27ClN2O3. The van der Waals surface area contributed by atoms with Gasteiger partial charge in [0.25, 0.3) is 0 Å². The second kappa shape index (κ2) is 8.31. The van der Waals surface area contributed by atoms with Gasteiger partial charge in [0.2, 0.25) is 5.91 Å². The number of rotatable bonds is 4. The van der Waals surface area contributed by atoms with Crippen LogP contribution in [0.2, 0.25) is 5.02 Å². The lowest BCUT2D eigenvalue weighted by Crippen LogP contribution is -2.69. The van der Waals surface area contributed by atoms with E-state index in [1.165, 1.54) is 5.56 Å². The van der Waals surface area contributed by atoms with Crippen molar-refractivity contribution in [3.05, 3.63) is 64.7 Å². The van der Waals surface area contributed by atoms with E-state index in [4.69, 9.17) is 16.3 Å². The van der Waals surface area contributed by atoms with Crippen molar-refractivity contribution in [2.24, 2.45) is 5.92 Å². The molecule has 0 aromatic heterocycles. The predicted octanol–water partition coefficient (Wildman–Crippen LogP) is 3.44. The Balaban J connectivity index is 1.44. The molecule has 2 fully saturated rings. The lowest BCUT2D eigenvalue weighted by molar-refractivity contribution is -0.126. The lowest BCUT2D eigenvalue weighted by atomic mass is 9.71. The summed E-state index contributed by atoms with van der Waals surface area (Å²) in [5.74, 6) is 0.488. The molecule has 5 nitrogen and oxygen atoms in total. The Morgan fingerprint density at radius 3 is 2.57 bits per heavy atom. The molecule has 2 aromatic carbocycles. The molecule has 0 spiro atoms. The van der Waals surface area contributed by atoms with Gasteiger partial charge in [0, 0.05) is 60.9 Å². The fraction of sp³-hybridized carbons (Fsp3) is 0.458. The molecule has 1 N–H and O–H groups in total. The van der Waals surface area contributed by atoms with E-state index >= 15 is 0 Å². The molecule has 3 heterocycles. The van der Waals surface area contributed by atoms with Crippen molar-refractivity contribution in [2.75, 3.05) is 31.3 Å². The van der Waals surface area contributed by atoms with Gasteiger partial charge in [-0.3, -0.25) is 9.69 Å². The van der Waals surface area contributed by atoms with Crippen LogP contribution < -0.4 is 4.90 Å². The zero-order valence-electron chi connectivity index (χ0n) is 16.9. The first-order valence-electron chi connectivity index (χ1n) is 10.8. The number of nitrogens with zero attached hydrogens (tertiary/aromatic N) is 2. The third-order valence-corrected chi connectivity index (χ3v) is 7.19. The molecule has 3 aliphatic heterocycles. The van der Waals surface area contributed by atoms with Crippen molar-refractivity contribution in [3.63, 3.8) is 0 Å². The van der Waals surface area contributed by atoms with E-state index in [1.807, 2.05) is 41.3 Å². The lowest BCUT2D eigenvalue weighted by Gasteiger charge is -2.59. The van der Waals surface area contributed by atoms with Gasteiger partial charge in [-0.25, -0.2) is 0 Å². The van der Waals surface area contributed by atoms with E-state index in [0.717, 1.165) is 35.7 Å². The van der Waals surface area contributed by atoms with E-state index in [1.54, 1.807) is 0 Å². The topological polar surface area (TPSA) is 53.0 Å². The summed E-state index contributed by atoms with van der Waals surface area (Å²) in [6.07, 6.45) is 1.58. The molecule has 2 saturated heterocycles. The molecule has 0 saturated carbocycles. The van der Waals surface area contributed by atoms with Crippen molar-refractivity contribution < 1.29 is 14.6 Å². The Morgan fingerprint density at radius 2 is 1.83 bits per heavy atom. The fourth-order valence-electron chi connectivity index (χ4n) is 5.37. The molecular weight excluding hydrogens is 400 g/mol. The van der Waals surface area contributed by atoms with E-state index in [2.05, 4.69) is 17.0 Å². The maximum Gasteiger partial charge on any atom is 0.230 e. The highest BCUT2D eigenvalue weighted by atomic mass is 35.5. The standard InChI is InChI=1S/C24H27ClN2O3/c25-18-7-5-16(6-8-18)13-26-21-14-27(24(29)17-9-11-30-12-10-17)20-4-2-1-3-19(20)23(21)22(26)15-28/h1-8,17,21-23,28H,9-15H2/t21-,22-,23-/m0/s1. The van der Waals surface area contributed by atoms with Gasteiger partial charge in [-0.15, -0.1) is 0 Å². The molecule has 3 aliphatic rings. The van der Waals surface area contributed by atoms with Gasteiger partial charge in [0.15, 0.2) is 0 Å². The van der Waals surface area contributed by atoms with Crippen molar-refractivity contribution in [3.8, 4) is 0 Å². The first-order chi connectivity index (χ1) is 14.7. The zero-order chi connectivity index (χ0) is 20.7. The van der Waals surface area contributed by atoms with Crippen molar-refractivity contribution in [1.82, 2.24) is 4.90 Å². The first-order valence-corrected chi connectivity index (χ1v) is 11.1. The third kappa shape index (κ3) is 3.44. The van der Waals surface area contributed by atoms with Crippen molar-refractivity contribution >= 4 is 23.2 Å². The van der Waals surface area contributed by atoms with Crippen LogP contribution in [0.15, 0.2) is 48.5 Å². The molecule has 0 bridgehead atoms. The van der Waals surface area contributed by atoms with Gasteiger partial charge >= 0.3 is 0 Å². The van der Waals surface area contributed by atoms with Gasteiger partial charge in [0.05, 0.1) is 6.61 Å². The van der Waals surface area contributed by atoms with Crippen LogP contribution in [0.25, 0.3) is 0 Å². The zero-order valence-corrected chi connectivity index (χ0v) is 17.7. The number of halogens is 1. The number of aliphatic hydroxyl groups is 1. The normalized spacial score (nSPS) is 26.6. The Labute approximate surface area is 182 Å². The molecule has 0 radical (unpaired) electrons. The van der Waals surface area contributed by atoms with Crippen LogP contribution in [-0.2, 0) is 16.1 Å². The summed E-state index contributed by atoms with van der Waals surface area (Å²) in [7, 11) is 0. The van der Waals surface area contributed by atoms with Crippen LogP contribution in [0.1, 0.15) is 29.9 Å². The van der Waals surface area contributed by atoms with E-state index in [-0.39, 0.29) is 36.4 Å². The predicted molar refractivity (Wildman–Crippen MR) is 117 cm³/mol. The number of likely N-dealkylation sites (tertiary alicyclic amines) is 1. The van der Waals surface area contributed by atoms with E-state index < -0.39 is 0 Å².